The Balaban J connectivity index is 0.00000167. The maximum atomic E-state index is 14.7. The Kier molecular flexibility index (Phi) is 8.47. The highest BCUT2D eigenvalue weighted by Gasteiger charge is 2.24. The van der Waals surface area contributed by atoms with Crippen LogP contribution in [0.15, 0.2) is 73.8 Å². The van der Waals surface area contributed by atoms with E-state index >= 15 is 0 Å². The first-order valence-electron chi connectivity index (χ1n) is 11.9. The molecular formula is C28H34FN5O. The second-order valence-electron chi connectivity index (χ2n) is 8.09. The van der Waals surface area contributed by atoms with Crippen LogP contribution in [0.1, 0.15) is 43.6 Å². The second-order valence-corrected chi connectivity index (χ2v) is 8.09. The van der Waals surface area contributed by atoms with Crippen molar-refractivity contribution in [1.29, 1.82) is 0 Å². The molecule has 4 rings (SSSR count). The standard InChI is InChI=1S/C26H28FN5O.C2H6/c1-18(23-17-28-25(24(23)19(2)27)21(4)32-12-8-11-29-32)20(3)30-13-15-31(16-14-30)26(33)22-9-6-5-7-10-22;1-2/h5-12,17,28H,1,3,13-16H2,2,4H3;1-2H3/b24-19+,25-21-;. The van der Waals surface area contributed by atoms with Crippen molar-refractivity contribution >= 4 is 23.0 Å². The van der Waals surface area contributed by atoms with Gasteiger partial charge in [0.1, 0.15) is 5.83 Å². The Morgan fingerprint density at radius 1 is 1.00 bits per heavy atom. The summed E-state index contributed by atoms with van der Waals surface area (Å²) in [5.74, 6) is -0.274. The molecule has 1 N–H and O–H groups in total. The summed E-state index contributed by atoms with van der Waals surface area (Å²) in [7, 11) is 0. The summed E-state index contributed by atoms with van der Waals surface area (Å²) >= 11 is 0. The van der Waals surface area contributed by atoms with E-state index in [2.05, 4.69) is 28.1 Å². The highest BCUT2D eigenvalue weighted by molar-refractivity contribution is 5.94. The zero-order chi connectivity index (χ0) is 25.5. The van der Waals surface area contributed by atoms with E-state index < -0.39 is 0 Å². The van der Waals surface area contributed by atoms with Gasteiger partial charge in [-0.1, -0.05) is 45.2 Å². The SMILES string of the molecule is C=C(C(=C)N1CCN(C(=O)c2ccccc2)CC1)c1c[nH]c(=C(/C)n2cccn2)/c1=C(\C)F.CC. The average molecular weight is 476 g/mol. The van der Waals surface area contributed by atoms with Gasteiger partial charge in [0.05, 0.1) is 11.0 Å². The zero-order valence-electron chi connectivity index (χ0n) is 21.0. The molecule has 0 bridgehead atoms. The summed E-state index contributed by atoms with van der Waals surface area (Å²) in [6.07, 6.45) is 5.27. The van der Waals surface area contributed by atoms with Crippen LogP contribution < -0.4 is 10.6 Å². The number of piperazine rings is 1. The first-order chi connectivity index (χ1) is 16.9. The summed E-state index contributed by atoms with van der Waals surface area (Å²) in [5.41, 5.74) is 3.53. The fraction of sp³-hybridized carbons (Fsp3) is 0.286. The molecule has 1 aliphatic rings. The molecule has 1 fully saturated rings. The average Bonchev–Trinajstić information content (AvgIpc) is 3.60. The number of aromatic nitrogens is 3. The zero-order valence-corrected chi connectivity index (χ0v) is 21.0. The Morgan fingerprint density at radius 3 is 2.20 bits per heavy atom. The number of allylic oxidation sites excluding steroid dienone is 1. The molecule has 1 aromatic carbocycles. The van der Waals surface area contributed by atoms with Crippen LogP contribution in [-0.2, 0) is 0 Å². The highest BCUT2D eigenvalue weighted by Crippen LogP contribution is 2.22. The predicted molar refractivity (Wildman–Crippen MR) is 140 cm³/mol. The number of carbonyl (C=O) groups is 1. The van der Waals surface area contributed by atoms with E-state index in [0.717, 1.165) is 11.4 Å². The fourth-order valence-electron chi connectivity index (χ4n) is 4.18. The molecule has 7 heteroatoms. The molecule has 0 spiro atoms. The van der Waals surface area contributed by atoms with E-state index in [0.29, 0.717) is 53.4 Å². The quantitative estimate of drug-likeness (QED) is 0.568. The Morgan fingerprint density at radius 2 is 1.63 bits per heavy atom. The van der Waals surface area contributed by atoms with E-state index in [-0.39, 0.29) is 11.7 Å². The normalized spacial score (nSPS) is 15.1. The van der Waals surface area contributed by atoms with E-state index in [4.69, 9.17) is 0 Å². The van der Waals surface area contributed by atoms with Crippen LogP contribution in [0.25, 0.3) is 17.1 Å². The van der Waals surface area contributed by atoms with Crippen molar-refractivity contribution in [2.75, 3.05) is 26.2 Å². The minimum absolute atomic E-state index is 0.0320. The van der Waals surface area contributed by atoms with E-state index in [1.807, 2.05) is 68.3 Å². The third-order valence-corrected chi connectivity index (χ3v) is 6.08. The summed E-state index contributed by atoms with van der Waals surface area (Å²) in [6.45, 7) is 18.2. The number of carbonyl (C=O) groups excluding carboxylic acids is 1. The minimum atomic E-state index is -0.306. The lowest BCUT2D eigenvalue weighted by atomic mass is 10.0. The molecule has 2 aromatic heterocycles. The molecule has 184 valence electrons. The van der Waals surface area contributed by atoms with E-state index in [1.54, 1.807) is 17.1 Å². The molecule has 3 heterocycles. The number of benzene rings is 1. The molecule has 0 aliphatic carbocycles. The van der Waals surface area contributed by atoms with Crippen LogP contribution in [0.5, 0.6) is 0 Å². The van der Waals surface area contributed by atoms with Gasteiger partial charge in [-0.2, -0.15) is 5.10 Å². The van der Waals surface area contributed by atoms with Gasteiger partial charge >= 0.3 is 0 Å². The first-order valence-corrected chi connectivity index (χ1v) is 11.9. The number of nitrogens with zero attached hydrogens (tertiary/aromatic N) is 4. The second kappa shape index (κ2) is 11.5. The molecular weight excluding hydrogens is 441 g/mol. The highest BCUT2D eigenvalue weighted by atomic mass is 19.1. The molecule has 0 saturated carbocycles. The molecule has 1 saturated heterocycles. The van der Waals surface area contributed by atoms with Crippen molar-refractivity contribution in [2.45, 2.75) is 27.7 Å². The number of amides is 1. The predicted octanol–water partition coefficient (Wildman–Crippen LogP) is 4.00. The van der Waals surface area contributed by atoms with Gasteiger partial charge in [0.25, 0.3) is 5.91 Å². The van der Waals surface area contributed by atoms with Gasteiger partial charge in [0.2, 0.25) is 0 Å². The third-order valence-electron chi connectivity index (χ3n) is 6.08. The number of H-pyrrole nitrogens is 1. The van der Waals surface area contributed by atoms with Gasteiger partial charge in [0, 0.05) is 66.8 Å². The van der Waals surface area contributed by atoms with Crippen LogP contribution >= 0.6 is 0 Å². The van der Waals surface area contributed by atoms with Crippen molar-refractivity contribution in [3.8, 4) is 0 Å². The molecule has 35 heavy (non-hydrogen) atoms. The summed E-state index contributed by atoms with van der Waals surface area (Å²) in [6, 6.07) is 11.1. The number of halogens is 1. The maximum Gasteiger partial charge on any atom is 0.253 e. The number of rotatable bonds is 5. The summed E-state index contributed by atoms with van der Waals surface area (Å²) in [5, 5.41) is 5.36. The van der Waals surface area contributed by atoms with Gasteiger partial charge in [0.15, 0.2) is 0 Å². The van der Waals surface area contributed by atoms with Crippen molar-refractivity contribution in [2.24, 2.45) is 0 Å². The van der Waals surface area contributed by atoms with Crippen molar-refractivity contribution < 1.29 is 9.18 Å². The van der Waals surface area contributed by atoms with Crippen LogP contribution in [-0.4, -0.2) is 56.7 Å². The smallest absolute Gasteiger partial charge is 0.253 e. The van der Waals surface area contributed by atoms with Crippen molar-refractivity contribution in [3.05, 3.63) is 95.5 Å². The lowest BCUT2D eigenvalue weighted by molar-refractivity contribution is 0.0674. The van der Waals surface area contributed by atoms with Crippen LogP contribution in [0, 0.1) is 0 Å². The molecule has 3 aromatic rings. The minimum Gasteiger partial charge on any atom is -0.368 e. The molecule has 1 aliphatic heterocycles. The largest absolute Gasteiger partial charge is 0.368 e. The molecule has 6 nitrogen and oxygen atoms in total. The molecule has 0 unspecified atom stereocenters. The lowest BCUT2D eigenvalue weighted by Gasteiger charge is -2.37. The van der Waals surface area contributed by atoms with Gasteiger partial charge in [-0.15, -0.1) is 0 Å². The monoisotopic (exact) mass is 475 g/mol. The summed E-state index contributed by atoms with van der Waals surface area (Å²) in [4.78, 5) is 19.9. The van der Waals surface area contributed by atoms with E-state index in [9.17, 15) is 9.18 Å². The van der Waals surface area contributed by atoms with Crippen LogP contribution in [0.3, 0.4) is 0 Å². The lowest BCUT2D eigenvalue weighted by Crippen LogP contribution is -2.48. The van der Waals surface area contributed by atoms with Crippen molar-refractivity contribution in [3.63, 3.8) is 0 Å². The Hall–Kier alpha value is -3.87. The molecule has 0 atom stereocenters. The van der Waals surface area contributed by atoms with Gasteiger partial charge in [-0.05, 0) is 37.6 Å². The summed E-state index contributed by atoms with van der Waals surface area (Å²) < 4.78 is 16.4. The number of nitrogens with one attached hydrogen (secondary N) is 1. The Labute approximate surface area is 206 Å². The molecule has 1 amide bonds. The number of aromatic amines is 1. The number of hydrogen-bond donors (Lipinski definition) is 1. The fourth-order valence-corrected chi connectivity index (χ4v) is 4.18. The number of hydrogen-bond acceptors (Lipinski definition) is 3. The Bertz CT molecular complexity index is 1290. The van der Waals surface area contributed by atoms with Gasteiger partial charge in [-0.3, -0.25) is 4.79 Å². The topological polar surface area (TPSA) is 57.2 Å². The third kappa shape index (κ3) is 5.45. The van der Waals surface area contributed by atoms with E-state index in [1.165, 1.54) is 6.92 Å². The first kappa shape index (κ1) is 25.7. The van der Waals surface area contributed by atoms with Gasteiger partial charge < -0.3 is 14.8 Å². The molecule has 0 radical (unpaired) electrons. The van der Waals surface area contributed by atoms with Crippen LogP contribution in [0.2, 0.25) is 0 Å². The van der Waals surface area contributed by atoms with Crippen molar-refractivity contribution in [1.82, 2.24) is 24.6 Å². The maximum absolute atomic E-state index is 14.7. The van der Waals surface area contributed by atoms with Gasteiger partial charge in [-0.25, -0.2) is 9.07 Å². The van der Waals surface area contributed by atoms with Crippen LogP contribution in [0.4, 0.5) is 4.39 Å².